The van der Waals surface area contributed by atoms with Gasteiger partial charge in [-0.3, -0.25) is 0 Å². The summed E-state index contributed by atoms with van der Waals surface area (Å²) in [4.78, 5) is 0. The summed E-state index contributed by atoms with van der Waals surface area (Å²) in [6.45, 7) is 2.11. The third kappa shape index (κ3) is 3.33. The number of nitrogens with two attached hydrogens (primary N) is 1. The molecule has 0 radical (unpaired) electrons. The quantitative estimate of drug-likeness (QED) is 0.684. The summed E-state index contributed by atoms with van der Waals surface area (Å²) < 4.78 is 0. The van der Waals surface area contributed by atoms with Crippen molar-refractivity contribution in [1.82, 2.24) is 5.32 Å². The van der Waals surface area contributed by atoms with Gasteiger partial charge in [-0.25, -0.2) is 0 Å². The Balaban J connectivity index is 2.26. The third-order valence-corrected chi connectivity index (χ3v) is 2.78. The van der Waals surface area contributed by atoms with Crippen molar-refractivity contribution in [3.8, 4) is 6.07 Å². The molecule has 0 aromatic rings. The Labute approximate surface area is 80.3 Å². The van der Waals surface area contributed by atoms with Crippen LogP contribution in [0, 0.1) is 11.3 Å². The predicted octanol–water partition coefficient (Wildman–Crippen LogP) is 1.15. The topological polar surface area (TPSA) is 61.8 Å². The molecule has 13 heavy (non-hydrogen) atoms. The van der Waals surface area contributed by atoms with E-state index in [4.69, 9.17) is 11.0 Å². The summed E-state index contributed by atoms with van der Waals surface area (Å²) >= 11 is 0. The van der Waals surface area contributed by atoms with Crippen molar-refractivity contribution in [2.75, 3.05) is 0 Å². The maximum Gasteiger partial charge on any atom is 0.0638 e. The highest BCUT2D eigenvalue weighted by Gasteiger charge is 2.23. The SMILES string of the molecule is CCC(CC#N)NC1CCC(N)C1. The Hall–Kier alpha value is -0.590. The molecule has 3 unspecified atom stereocenters. The van der Waals surface area contributed by atoms with E-state index < -0.39 is 0 Å². The first kappa shape index (κ1) is 10.5. The molecule has 1 aliphatic rings. The maximum absolute atomic E-state index is 8.58. The van der Waals surface area contributed by atoms with E-state index in [1.54, 1.807) is 0 Å². The molecule has 1 fully saturated rings. The van der Waals surface area contributed by atoms with Crippen LogP contribution in [0.25, 0.3) is 0 Å². The summed E-state index contributed by atoms with van der Waals surface area (Å²) in [6.07, 6.45) is 5.01. The molecule has 0 aliphatic heterocycles. The van der Waals surface area contributed by atoms with E-state index >= 15 is 0 Å². The molecule has 1 rings (SSSR count). The summed E-state index contributed by atoms with van der Waals surface area (Å²) in [5.41, 5.74) is 5.81. The molecule has 0 aromatic carbocycles. The van der Waals surface area contributed by atoms with Crippen molar-refractivity contribution in [3.63, 3.8) is 0 Å². The van der Waals surface area contributed by atoms with Gasteiger partial charge in [0.2, 0.25) is 0 Å². The Bertz CT molecular complexity index is 185. The van der Waals surface area contributed by atoms with Crippen LogP contribution in [0.5, 0.6) is 0 Å². The van der Waals surface area contributed by atoms with E-state index in [1.165, 1.54) is 6.42 Å². The highest BCUT2D eigenvalue weighted by Crippen LogP contribution is 2.18. The monoisotopic (exact) mass is 181 g/mol. The molecule has 0 saturated heterocycles. The normalized spacial score (nSPS) is 29.9. The minimum Gasteiger partial charge on any atom is -0.328 e. The number of hydrogen-bond donors (Lipinski definition) is 2. The van der Waals surface area contributed by atoms with E-state index in [0.29, 0.717) is 24.5 Å². The Morgan fingerprint density at radius 1 is 1.62 bits per heavy atom. The summed E-state index contributed by atoms with van der Waals surface area (Å²) in [5.74, 6) is 0. The fraction of sp³-hybridized carbons (Fsp3) is 0.900. The van der Waals surface area contributed by atoms with Gasteiger partial charge < -0.3 is 11.1 Å². The first-order valence-corrected chi connectivity index (χ1v) is 5.14. The fourth-order valence-electron chi connectivity index (χ4n) is 1.93. The standard InChI is InChI=1S/C10H19N3/c1-2-9(5-6-11)13-10-4-3-8(12)7-10/h8-10,13H,2-5,7,12H2,1H3. The summed E-state index contributed by atoms with van der Waals surface area (Å²) in [6, 6.07) is 3.49. The molecular formula is C10H19N3. The smallest absolute Gasteiger partial charge is 0.0638 e. The molecule has 0 spiro atoms. The van der Waals surface area contributed by atoms with Gasteiger partial charge in [-0.2, -0.15) is 5.26 Å². The first-order valence-electron chi connectivity index (χ1n) is 5.14. The van der Waals surface area contributed by atoms with Gasteiger partial charge in [-0.05, 0) is 25.7 Å². The van der Waals surface area contributed by atoms with Crippen molar-refractivity contribution in [2.45, 2.75) is 57.2 Å². The van der Waals surface area contributed by atoms with Gasteiger partial charge in [0, 0.05) is 18.1 Å². The zero-order valence-electron chi connectivity index (χ0n) is 8.29. The average Bonchev–Trinajstić information content (AvgIpc) is 2.50. The maximum atomic E-state index is 8.58. The lowest BCUT2D eigenvalue weighted by atomic mass is 10.1. The number of hydrogen-bond acceptors (Lipinski definition) is 3. The minimum absolute atomic E-state index is 0.361. The Morgan fingerprint density at radius 3 is 2.85 bits per heavy atom. The lowest BCUT2D eigenvalue weighted by molar-refractivity contribution is 0.421. The van der Waals surface area contributed by atoms with Crippen LogP contribution >= 0.6 is 0 Å². The lowest BCUT2D eigenvalue weighted by Gasteiger charge is -2.19. The van der Waals surface area contributed by atoms with E-state index in [2.05, 4.69) is 18.3 Å². The molecule has 0 aromatic heterocycles. The van der Waals surface area contributed by atoms with E-state index in [9.17, 15) is 0 Å². The van der Waals surface area contributed by atoms with Crippen LogP contribution in [0.3, 0.4) is 0 Å². The number of rotatable bonds is 4. The first-order chi connectivity index (χ1) is 6.26. The van der Waals surface area contributed by atoms with Gasteiger partial charge in [-0.1, -0.05) is 6.92 Å². The zero-order valence-corrected chi connectivity index (χ0v) is 8.29. The molecule has 0 amide bonds. The van der Waals surface area contributed by atoms with Crippen LogP contribution in [0.2, 0.25) is 0 Å². The lowest BCUT2D eigenvalue weighted by Crippen LogP contribution is -2.37. The second-order valence-electron chi connectivity index (χ2n) is 3.90. The Morgan fingerprint density at radius 2 is 2.38 bits per heavy atom. The molecule has 3 atom stereocenters. The van der Waals surface area contributed by atoms with E-state index in [-0.39, 0.29) is 0 Å². The molecule has 3 nitrogen and oxygen atoms in total. The van der Waals surface area contributed by atoms with Crippen LogP contribution in [0.15, 0.2) is 0 Å². The molecule has 0 heterocycles. The zero-order chi connectivity index (χ0) is 9.68. The van der Waals surface area contributed by atoms with E-state index in [1.807, 2.05) is 0 Å². The van der Waals surface area contributed by atoms with Gasteiger partial charge in [0.05, 0.1) is 12.5 Å². The van der Waals surface area contributed by atoms with Gasteiger partial charge >= 0.3 is 0 Å². The second kappa shape index (κ2) is 5.21. The van der Waals surface area contributed by atoms with E-state index in [0.717, 1.165) is 19.3 Å². The number of nitrogens with one attached hydrogen (secondary N) is 1. The second-order valence-corrected chi connectivity index (χ2v) is 3.90. The highest BCUT2D eigenvalue weighted by atomic mass is 15.0. The van der Waals surface area contributed by atoms with Crippen molar-refractivity contribution in [3.05, 3.63) is 0 Å². The van der Waals surface area contributed by atoms with Crippen molar-refractivity contribution in [1.29, 1.82) is 5.26 Å². The molecule has 74 valence electrons. The highest BCUT2D eigenvalue weighted by molar-refractivity contribution is 4.87. The van der Waals surface area contributed by atoms with Crippen molar-refractivity contribution in [2.24, 2.45) is 5.73 Å². The van der Waals surface area contributed by atoms with Crippen LogP contribution in [0.4, 0.5) is 0 Å². The van der Waals surface area contributed by atoms with Crippen molar-refractivity contribution >= 4 is 0 Å². The largest absolute Gasteiger partial charge is 0.328 e. The molecule has 1 aliphatic carbocycles. The fourth-order valence-corrected chi connectivity index (χ4v) is 1.93. The molecule has 1 saturated carbocycles. The molecular weight excluding hydrogens is 162 g/mol. The van der Waals surface area contributed by atoms with Gasteiger partial charge in [0.1, 0.15) is 0 Å². The summed E-state index contributed by atoms with van der Waals surface area (Å²) in [7, 11) is 0. The van der Waals surface area contributed by atoms with Crippen LogP contribution in [0.1, 0.15) is 39.0 Å². The summed E-state index contributed by atoms with van der Waals surface area (Å²) in [5, 5.41) is 12.1. The van der Waals surface area contributed by atoms with Crippen LogP contribution < -0.4 is 11.1 Å². The Kier molecular flexibility index (Phi) is 4.20. The van der Waals surface area contributed by atoms with Crippen LogP contribution in [-0.4, -0.2) is 18.1 Å². The van der Waals surface area contributed by atoms with Crippen LogP contribution in [-0.2, 0) is 0 Å². The van der Waals surface area contributed by atoms with Gasteiger partial charge in [-0.15, -0.1) is 0 Å². The van der Waals surface area contributed by atoms with Gasteiger partial charge in [0.15, 0.2) is 0 Å². The molecule has 3 heteroatoms. The van der Waals surface area contributed by atoms with Crippen molar-refractivity contribution < 1.29 is 0 Å². The average molecular weight is 181 g/mol. The third-order valence-electron chi connectivity index (χ3n) is 2.78. The number of nitriles is 1. The van der Waals surface area contributed by atoms with Gasteiger partial charge in [0.25, 0.3) is 0 Å². The minimum atomic E-state index is 0.361. The molecule has 3 N–H and O–H groups in total. The molecule has 0 bridgehead atoms. The predicted molar refractivity (Wildman–Crippen MR) is 53.1 cm³/mol. The number of nitrogens with zero attached hydrogens (tertiary/aromatic N) is 1.